The second-order valence-electron chi connectivity index (χ2n) is 3.32. The van der Waals surface area contributed by atoms with E-state index >= 15 is 0 Å². The summed E-state index contributed by atoms with van der Waals surface area (Å²) >= 11 is 5.56. The molecule has 1 aromatic rings. The lowest BCUT2D eigenvalue weighted by Gasteiger charge is -1.95. The quantitative estimate of drug-likeness (QED) is 0.413. The normalized spacial score (nSPS) is 10.4. The van der Waals surface area contributed by atoms with Gasteiger partial charge in [-0.05, 0) is 25.0 Å². The molecule has 1 heterocycles. The third-order valence-corrected chi connectivity index (χ3v) is 2.33. The van der Waals surface area contributed by atoms with E-state index in [2.05, 4.69) is 0 Å². The third kappa shape index (κ3) is 3.54. The van der Waals surface area contributed by atoms with Crippen molar-refractivity contribution < 1.29 is 9.21 Å². The van der Waals surface area contributed by atoms with Crippen LogP contribution in [0.3, 0.4) is 0 Å². The molecule has 0 fully saturated rings. The fourth-order valence-corrected chi connectivity index (χ4v) is 1.46. The van der Waals surface area contributed by atoms with Crippen molar-refractivity contribution in [3.8, 4) is 0 Å². The molecule has 0 aliphatic carbocycles. The molecular weight excluding hydrogens is 200 g/mol. The Labute approximate surface area is 89.2 Å². The van der Waals surface area contributed by atoms with E-state index < -0.39 is 0 Å². The summed E-state index contributed by atoms with van der Waals surface area (Å²) in [4.78, 5) is 10.9. The molecule has 0 spiro atoms. The minimum absolute atomic E-state index is 0.0167. The minimum atomic E-state index is -0.0167. The van der Waals surface area contributed by atoms with Crippen LogP contribution >= 0.6 is 11.6 Å². The summed E-state index contributed by atoms with van der Waals surface area (Å²) in [6, 6.07) is 3.61. The van der Waals surface area contributed by atoms with Gasteiger partial charge in [0.2, 0.25) is 0 Å². The highest BCUT2D eigenvalue weighted by atomic mass is 35.5. The van der Waals surface area contributed by atoms with E-state index in [1.54, 1.807) is 6.07 Å². The highest BCUT2D eigenvalue weighted by Gasteiger charge is 2.05. The Morgan fingerprint density at radius 3 is 2.71 bits per heavy atom. The number of hydrogen-bond acceptors (Lipinski definition) is 2. The van der Waals surface area contributed by atoms with Crippen LogP contribution in [-0.4, -0.2) is 11.7 Å². The highest BCUT2D eigenvalue weighted by molar-refractivity contribution is 6.17. The van der Waals surface area contributed by atoms with E-state index in [1.807, 2.05) is 6.07 Å². The first-order valence-electron chi connectivity index (χ1n) is 4.89. The predicted octanol–water partition coefficient (Wildman–Crippen LogP) is 3.43. The molecule has 0 atom stereocenters. The number of rotatable bonds is 6. The van der Waals surface area contributed by atoms with Crippen LogP contribution in [0.2, 0.25) is 0 Å². The summed E-state index contributed by atoms with van der Waals surface area (Å²) in [5, 5.41) is 0. The van der Waals surface area contributed by atoms with Crippen molar-refractivity contribution in [2.24, 2.45) is 0 Å². The number of hydrogen-bond donors (Lipinski definition) is 0. The lowest BCUT2D eigenvalue weighted by Crippen LogP contribution is -1.87. The molecule has 1 rings (SSSR count). The van der Waals surface area contributed by atoms with Gasteiger partial charge in [0.05, 0.1) is 0 Å². The molecule has 3 heteroatoms. The summed E-state index contributed by atoms with van der Waals surface area (Å²) < 4.78 is 5.34. The molecule has 0 aliphatic rings. The van der Waals surface area contributed by atoms with Gasteiger partial charge in [-0.25, -0.2) is 0 Å². The van der Waals surface area contributed by atoms with Gasteiger partial charge in [-0.3, -0.25) is 4.79 Å². The van der Waals surface area contributed by atoms with Crippen LogP contribution in [-0.2, 0) is 6.42 Å². The van der Waals surface area contributed by atoms with Crippen LogP contribution in [0.1, 0.15) is 42.5 Å². The maximum absolute atomic E-state index is 10.9. The second-order valence-corrected chi connectivity index (χ2v) is 3.70. The van der Waals surface area contributed by atoms with E-state index in [1.165, 1.54) is 6.92 Å². The van der Waals surface area contributed by atoms with Crippen LogP contribution in [0.15, 0.2) is 16.5 Å². The molecular formula is C11H15ClO2. The van der Waals surface area contributed by atoms with Crippen molar-refractivity contribution in [3.63, 3.8) is 0 Å². The Balaban J connectivity index is 2.33. The second kappa shape index (κ2) is 5.86. The standard InChI is InChI=1S/C11H15ClO2/c1-9(13)11-7-6-10(14-11)5-3-2-4-8-12/h6-7H,2-5,8H2,1H3. The molecule has 0 saturated heterocycles. The molecule has 1 aromatic heterocycles. The van der Waals surface area contributed by atoms with Crippen LogP contribution in [0.5, 0.6) is 0 Å². The number of unbranched alkanes of at least 4 members (excludes halogenated alkanes) is 2. The summed E-state index contributed by atoms with van der Waals surface area (Å²) in [5.74, 6) is 2.05. The molecule has 0 saturated carbocycles. The van der Waals surface area contributed by atoms with Gasteiger partial charge in [0.1, 0.15) is 5.76 Å². The summed E-state index contributed by atoms with van der Waals surface area (Å²) in [5.41, 5.74) is 0. The predicted molar refractivity (Wildman–Crippen MR) is 57.0 cm³/mol. The first kappa shape index (κ1) is 11.3. The van der Waals surface area contributed by atoms with Crippen LogP contribution in [0.25, 0.3) is 0 Å². The number of Topliss-reactive ketones (excluding diaryl/α,β-unsaturated/α-hetero) is 1. The molecule has 0 radical (unpaired) electrons. The molecule has 0 aliphatic heterocycles. The van der Waals surface area contributed by atoms with Gasteiger partial charge in [0, 0.05) is 19.2 Å². The molecule has 78 valence electrons. The summed E-state index contributed by atoms with van der Waals surface area (Å²) in [6.07, 6.45) is 4.11. The number of aryl methyl sites for hydroxylation is 1. The zero-order valence-electron chi connectivity index (χ0n) is 8.38. The van der Waals surface area contributed by atoms with E-state index in [9.17, 15) is 4.79 Å². The third-order valence-electron chi connectivity index (χ3n) is 2.07. The maximum atomic E-state index is 10.9. The molecule has 0 bridgehead atoms. The van der Waals surface area contributed by atoms with Gasteiger partial charge in [-0.1, -0.05) is 6.42 Å². The maximum Gasteiger partial charge on any atom is 0.194 e. The zero-order valence-corrected chi connectivity index (χ0v) is 9.14. The number of furan rings is 1. The van der Waals surface area contributed by atoms with Crippen molar-refractivity contribution in [1.29, 1.82) is 0 Å². The molecule has 0 N–H and O–H groups in total. The first-order valence-corrected chi connectivity index (χ1v) is 5.43. The van der Waals surface area contributed by atoms with Crippen LogP contribution in [0, 0.1) is 0 Å². The fraction of sp³-hybridized carbons (Fsp3) is 0.545. The SMILES string of the molecule is CC(=O)c1ccc(CCCCCCl)o1. The Morgan fingerprint density at radius 2 is 2.14 bits per heavy atom. The van der Waals surface area contributed by atoms with Crippen LogP contribution < -0.4 is 0 Å². The Hall–Kier alpha value is -0.760. The minimum Gasteiger partial charge on any atom is -0.458 e. The lowest BCUT2D eigenvalue weighted by molar-refractivity contribution is 0.0985. The van der Waals surface area contributed by atoms with Gasteiger partial charge in [-0.2, -0.15) is 0 Å². The molecule has 0 unspecified atom stereocenters. The lowest BCUT2D eigenvalue weighted by atomic mass is 10.2. The molecule has 14 heavy (non-hydrogen) atoms. The number of ketones is 1. The smallest absolute Gasteiger partial charge is 0.194 e. The average Bonchev–Trinajstić information content (AvgIpc) is 2.61. The molecule has 0 amide bonds. The number of alkyl halides is 1. The van der Waals surface area contributed by atoms with Crippen molar-refractivity contribution in [1.82, 2.24) is 0 Å². The van der Waals surface area contributed by atoms with Gasteiger partial charge in [-0.15, -0.1) is 11.6 Å². The number of carbonyl (C=O) groups excluding carboxylic acids is 1. The number of carbonyl (C=O) groups is 1. The molecule has 2 nitrogen and oxygen atoms in total. The summed E-state index contributed by atoms with van der Waals surface area (Å²) in [7, 11) is 0. The van der Waals surface area contributed by atoms with Gasteiger partial charge < -0.3 is 4.42 Å². The zero-order chi connectivity index (χ0) is 10.4. The van der Waals surface area contributed by atoms with Gasteiger partial charge in [0.15, 0.2) is 11.5 Å². The first-order chi connectivity index (χ1) is 6.74. The van der Waals surface area contributed by atoms with Crippen molar-refractivity contribution in [3.05, 3.63) is 23.7 Å². The topological polar surface area (TPSA) is 30.2 Å². The Kier molecular flexibility index (Phi) is 4.74. The van der Waals surface area contributed by atoms with Crippen molar-refractivity contribution in [2.75, 3.05) is 5.88 Å². The van der Waals surface area contributed by atoms with Crippen molar-refractivity contribution >= 4 is 17.4 Å². The van der Waals surface area contributed by atoms with E-state index in [0.717, 1.165) is 37.3 Å². The van der Waals surface area contributed by atoms with Crippen molar-refractivity contribution in [2.45, 2.75) is 32.6 Å². The van der Waals surface area contributed by atoms with E-state index in [-0.39, 0.29) is 5.78 Å². The van der Waals surface area contributed by atoms with E-state index in [4.69, 9.17) is 16.0 Å². The fourth-order valence-electron chi connectivity index (χ4n) is 1.27. The van der Waals surface area contributed by atoms with Crippen LogP contribution in [0.4, 0.5) is 0 Å². The van der Waals surface area contributed by atoms with Gasteiger partial charge >= 0.3 is 0 Å². The van der Waals surface area contributed by atoms with E-state index in [0.29, 0.717) is 5.76 Å². The largest absolute Gasteiger partial charge is 0.458 e. The summed E-state index contributed by atoms with van der Waals surface area (Å²) in [6.45, 7) is 1.51. The monoisotopic (exact) mass is 214 g/mol. The Morgan fingerprint density at radius 1 is 1.36 bits per heavy atom. The number of halogens is 1. The average molecular weight is 215 g/mol. The highest BCUT2D eigenvalue weighted by Crippen LogP contribution is 2.12. The Bertz CT molecular complexity index is 291. The van der Waals surface area contributed by atoms with Gasteiger partial charge in [0.25, 0.3) is 0 Å². The molecule has 0 aromatic carbocycles.